The molecule has 0 saturated heterocycles. The SMILES string of the molecule is CC(C)(C)c1ccc(N=Nc2ccccc2)cc1. The van der Waals surface area contributed by atoms with Crippen molar-refractivity contribution in [3.8, 4) is 0 Å². The van der Waals surface area contributed by atoms with Gasteiger partial charge in [0.05, 0.1) is 11.4 Å². The molecule has 2 nitrogen and oxygen atoms in total. The van der Waals surface area contributed by atoms with Crippen LogP contribution in [0.5, 0.6) is 0 Å². The molecule has 0 aliphatic heterocycles. The first kappa shape index (κ1) is 12.5. The smallest absolute Gasteiger partial charge is 0.0857 e. The first-order chi connectivity index (χ1) is 8.55. The van der Waals surface area contributed by atoms with Gasteiger partial charge in [-0.3, -0.25) is 0 Å². The van der Waals surface area contributed by atoms with Crippen molar-refractivity contribution in [2.45, 2.75) is 26.2 Å². The van der Waals surface area contributed by atoms with E-state index in [1.54, 1.807) is 0 Å². The van der Waals surface area contributed by atoms with Gasteiger partial charge in [0.25, 0.3) is 0 Å². The molecule has 2 aromatic rings. The van der Waals surface area contributed by atoms with Crippen molar-refractivity contribution in [2.24, 2.45) is 10.2 Å². The zero-order valence-corrected chi connectivity index (χ0v) is 11.1. The van der Waals surface area contributed by atoms with Gasteiger partial charge >= 0.3 is 0 Å². The Kier molecular flexibility index (Phi) is 3.56. The van der Waals surface area contributed by atoms with E-state index >= 15 is 0 Å². The summed E-state index contributed by atoms with van der Waals surface area (Å²) in [4.78, 5) is 0. The third-order valence-corrected chi connectivity index (χ3v) is 2.77. The van der Waals surface area contributed by atoms with Crippen molar-refractivity contribution in [1.29, 1.82) is 0 Å². The highest BCUT2D eigenvalue weighted by Gasteiger charge is 2.12. The van der Waals surface area contributed by atoms with Gasteiger partial charge in [0.2, 0.25) is 0 Å². The molecule has 0 aliphatic rings. The molecule has 0 spiro atoms. The maximum atomic E-state index is 4.22. The van der Waals surface area contributed by atoms with E-state index in [1.165, 1.54) is 5.56 Å². The molecule has 0 N–H and O–H groups in total. The quantitative estimate of drug-likeness (QED) is 0.626. The predicted molar refractivity (Wildman–Crippen MR) is 75.8 cm³/mol. The van der Waals surface area contributed by atoms with E-state index in [4.69, 9.17) is 0 Å². The third-order valence-electron chi connectivity index (χ3n) is 2.77. The van der Waals surface area contributed by atoms with Gasteiger partial charge in [-0.05, 0) is 35.2 Å². The molecule has 0 radical (unpaired) electrons. The van der Waals surface area contributed by atoms with E-state index in [-0.39, 0.29) is 5.41 Å². The second-order valence-corrected chi connectivity index (χ2v) is 5.33. The molecular formula is C16H18N2. The van der Waals surface area contributed by atoms with Gasteiger partial charge < -0.3 is 0 Å². The molecule has 18 heavy (non-hydrogen) atoms. The molecule has 2 heteroatoms. The molecule has 0 bridgehead atoms. The molecule has 0 aromatic heterocycles. The van der Waals surface area contributed by atoms with Gasteiger partial charge in [0.1, 0.15) is 0 Å². The minimum absolute atomic E-state index is 0.176. The number of benzene rings is 2. The molecule has 0 saturated carbocycles. The van der Waals surface area contributed by atoms with Crippen LogP contribution in [0.2, 0.25) is 0 Å². The lowest BCUT2D eigenvalue weighted by Gasteiger charge is -2.18. The van der Waals surface area contributed by atoms with Crippen LogP contribution in [0.1, 0.15) is 26.3 Å². The first-order valence-corrected chi connectivity index (χ1v) is 6.13. The van der Waals surface area contributed by atoms with Gasteiger partial charge in [0.15, 0.2) is 0 Å². The Labute approximate surface area is 108 Å². The van der Waals surface area contributed by atoms with Crippen LogP contribution in [-0.4, -0.2) is 0 Å². The summed E-state index contributed by atoms with van der Waals surface area (Å²) in [6, 6.07) is 18.0. The van der Waals surface area contributed by atoms with Gasteiger partial charge in [-0.25, -0.2) is 0 Å². The predicted octanol–water partition coefficient (Wildman–Crippen LogP) is 5.40. The highest BCUT2D eigenvalue weighted by Crippen LogP contribution is 2.25. The Hall–Kier alpha value is -1.96. The lowest BCUT2D eigenvalue weighted by Crippen LogP contribution is -2.10. The number of nitrogens with zero attached hydrogens (tertiary/aromatic N) is 2. The Bertz CT molecular complexity index is 519. The van der Waals surface area contributed by atoms with E-state index in [2.05, 4.69) is 43.1 Å². The van der Waals surface area contributed by atoms with Crippen LogP contribution in [0.15, 0.2) is 64.8 Å². The normalized spacial score (nSPS) is 11.9. The van der Waals surface area contributed by atoms with Crippen molar-refractivity contribution < 1.29 is 0 Å². The zero-order chi connectivity index (χ0) is 13.0. The largest absolute Gasteiger partial charge is 0.151 e. The molecule has 2 aromatic carbocycles. The monoisotopic (exact) mass is 238 g/mol. The average Bonchev–Trinajstić information content (AvgIpc) is 2.37. The molecular weight excluding hydrogens is 220 g/mol. The fraction of sp³-hybridized carbons (Fsp3) is 0.250. The van der Waals surface area contributed by atoms with Crippen LogP contribution in [0, 0.1) is 0 Å². The van der Waals surface area contributed by atoms with Crippen LogP contribution in [-0.2, 0) is 5.41 Å². The number of hydrogen-bond acceptors (Lipinski definition) is 2. The summed E-state index contributed by atoms with van der Waals surface area (Å²) < 4.78 is 0. The van der Waals surface area contributed by atoms with Gasteiger partial charge in [-0.1, -0.05) is 51.1 Å². The summed E-state index contributed by atoms with van der Waals surface area (Å²) in [6.45, 7) is 6.61. The van der Waals surface area contributed by atoms with E-state index < -0.39 is 0 Å². The first-order valence-electron chi connectivity index (χ1n) is 6.13. The maximum absolute atomic E-state index is 4.22. The van der Waals surface area contributed by atoms with Crippen molar-refractivity contribution in [3.05, 3.63) is 60.2 Å². The molecule has 0 unspecified atom stereocenters. The summed E-state index contributed by atoms with van der Waals surface area (Å²) in [5.74, 6) is 0. The Morgan fingerprint density at radius 1 is 0.667 bits per heavy atom. The van der Waals surface area contributed by atoms with Crippen molar-refractivity contribution >= 4 is 11.4 Å². The molecule has 0 fully saturated rings. The summed E-state index contributed by atoms with van der Waals surface area (Å²) in [5, 5.41) is 8.42. The molecule has 0 heterocycles. The Balaban J connectivity index is 2.14. The zero-order valence-electron chi connectivity index (χ0n) is 11.1. The lowest BCUT2D eigenvalue weighted by molar-refractivity contribution is 0.590. The fourth-order valence-electron chi connectivity index (χ4n) is 1.64. The van der Waals surface area contributed by atoms with Gasteiger partial charge in [-0.2, -0.15) is 10.2 Å². The fourth-order valence-corrected chi connectivity index (χ4v) is 1.64. The van der Waals surface area contributed by atoms with E-state index in [9.17, 15) is 0 Å². The summed E-state index contributed by atoms with van der Waals surface area (Å²) in [5.41, 5.74) is 3.24. The van der Waals surface area contributed by atoms with Crippen LogP contribution in [0.3, 0.4) is 0 Å². The average molecular weight is 238 g/mol. The molecule has 92 valence electrons. The van der Waals surface area contributed by atoms with E-state index in [1.807, 2.05) is 42.5 Å². The van der Waals surface area contributed by atoms with Gasteiger partial charge in [-0.15, -0.1) is 0 Å². The van der Waals surface area contributed by atoms with E-state index in [0.29, 0.717) is 0 Å². The van der Waals surface area contributed by atoms with Crippen LogP contribution < -0.4 is 0 Å². The molecule has 2 rings (SSSR count). The van der Waals surface area contributed by atoms with Crippen molar-refractivity contribution in [2.75, 3.05) is 0 Å². The third kappa shape index (κ3) is 3.27. The van der Waals surface area contributed by atoms with Crippen LogP contribution in [0.25, 0.3) is 0 Å². The number of azo groups is 1. The summed E-state index contributed by atoms with van der Waals surface area (Å²) >= 11 is 0. The second kappa shape index (κ2) is 5.13. The minimum Gasteiger partial charge on any atom is -0.151 e. The number of hydrogen-bond donors (Lipinski definition) is 0. The second-order valence-electron chi connectivity index (χ2n) is 5.33. The molecule has 0 aliphatic carbocycles. The van der Waals surface area contributed by atoms with E-state index in [0.717, 1.165) is 11.4 Å². The maximum Gasteiger partial charge on any atom is 0.0857 e. The highest BCUT2D eigenvalue weighted by atomic mass is 15.1. The molecule has 0 amide bonds. The van der Waals surface area contributed by atoms with Gasteiger partial charge in [0, 0.05) is 0 Å². The van der Waals surface area contributed by atoms with Crippen molar-refractivity contribution in [3.63, 3.8) is 0 Å². The summed E-state index contributed by atoms with van der Waals surface area (Å²) in [6.07, 6.45) is 0. The Morgan fingerprint density at radius 3 is 1.67 bits per heavy atom. The standard InChI is InChI=1S/C16H18N2/c1-16(2,3)13-9-11-15(12-10-13)18-17-14-7-5-4-6-8-14/h4-12H,1-3H3. The Morgan fingerprint density at radius 2 is 1.17 bits per heavy atom. The lowest BCUT2D eigenvalue weighted by atomic mass is 9.87. The van der Waals surface area contributed by atoms with Crippen molar-refractivity contribution in [1.82, 2.24) is 0 Å². The highest BCUT2D eigenvalue weighted by molar-refractivity contribution is 5.42. The number of rotatable bonds is 2. The van der Waals surface area contributed by atoms with Crippen LogP contribution in [0.4, 0.5) is 11.4 Å². The van der Waals surface area contributed by atoms with Crippen LogP contribution >= 0.6 is 0 Å². The molecule has 0 atom stereocenters. The minimum atomic E-state index is 0.176. The topological polar surface area (TPSA) is 24.7 Å². The summed E-state index contributed by atoms with van der Waals surface area (Å²) in [7, 11) is 0.